The zero-order valence-electron chi connectivity index (χ0n) is 9.92. The summed E-state index contributed by atoms with van der Waals surface area (Å²) in [5, 5.41) is 19.0. The Kier molecular flexibility index (Phi) is 7.20. The number of hydrogen-bond acceptors (Lipinski definition) is 2. The van der Waals surface area contributed by atoms with Crippen molar-refractivity contribution in [3.8, 4) is 0 Å². The molecule has 0 aliphatic rings. The smallest absolute Gasteiger partial charge is 0.0648 e. The molecular formula is C12H26O2. The van der Waals surface area contributed by atoms with Gasteiger partial charge in [-0.2, -0.15) is 0 Å². The molecule has 0 radical (unpaired) electrons. The molecule has 2 N–H and O–H groups in total. The Morgan fingerprint density at radius 3 is 2.07 bits per heavy atom. The molecule has 0 aromatic rings. The van der Waals surface area contributed by atoms with Crippen LogP contribution in [0.15, 0.2) is 0 Å². The number of aliphatic hydroxyl groups is 2. The minimum Gasteiger partial charge on any atom is -0.396 e. The molecule has 1 atom stereocenters. The number of rotatable bonds is 8. The van der Waals surface area contributed by atoms with Crippen molar-refractivity contribution in [2.45, 2.75) is 64.9 Å². The Balaban J connectivity index is 4.07. The molecule has 0 fully saturated rings. The lowest BCUT2D eigenvalue weighted by molar-refractivity contribution is -0.00280. The lowest BCUT2D eigenvalue weighted by Crippen LogP contribution is -2.30. The topological polar surface area (TPSA) is 40.5 Å². The van der Waals surface area contributed by atoms with Gasteiger partial charge in [-0.15, -0.1) is 0 Å². The SMILES string of the molecule is CCC(CC)CC(O)(CC)CCCO. The van der Waals surface area contributed by atoms with Crippen LogP contribution >= 0.6 is 0 Å². The van der Waals surface area contributed by atoms with E-state index in [0.717, 1.165) is 32.1 Å². The highest BCUT2D eigenvalue weighted by Gasteiger charge is 2.26. The summed E-state index contributed by atoms with van der Waals surface area (Å²) < 4.78 is 0. The van der Waals surface area contributed by atoms with Crippen LogP contribution in [0.4, 0.5) is 0 Å². The van der Waals surface area contributed by atoms with Crippen molar-refractivity contribution in [2.75, 3.05) is 6.61 Å². The molecule has 0 saturated carbocycles. The second-order valence-electron chi connectivity index (χ2n) is 4.29. The summed E-state index contributed by atoms with van der Waals surface area (Å²) in [6.45, 7) is 6.57. The van der Waals surface area contributed by atoms with Crippen LogP contribution in [-0.4, -0.2) is 22.4 Å². The molecule has 0 heterocycles. The average molecular weight is 202 g/mol. The van der Waals surface area contributed by atoms with E-state index in [2.05, 4.69) is 13.8 Å². The fourth-order valence-electron chi connectivity index (χ4n) is 1.95. The van der Waals surface area contributed by atoms with Crippen molar-refractivity contribution in [1.29, 1.82) is 0 Å². The van der Waals surface area contributed by atoms with Crippen molar-refractivity contribution < 1.29 is 10.2 Å². The molecule has 0 aliphatic carbocycles. The first-order chi connectivity index (χ1) is 6.61. The summed E-state index contributed by atoms with van der Waals surface area (Å²) in [5.74, 6) is 0.624. The first-order valence-electron chi connectivity index (χ1n) is 5.95. The molecule has 0 aromatic carbocycles. The van der Waals surface area contributed by atoms with Gasteiger partial charge < -0.3 is 10.2 Å². The van der Waals surface area contributed by atoms with Gasteiger partial charge in [-0.1, -0.05) is 33.6 Å². The van der Waals surface area contributed by atoms with Gasteiger partial charge in [-0.05, 0) is 31.6 Å². The maximum atomic E-state index is 10.3. The average Bonchev–Trinajstić information content (AvgIpc) is 2.23. The molecule has 0 amide bonds. The summed E-state index contributed by atoms with van der Waals surface area (Å²) in [7, 11) is 0. The fourth-order valence-corrected chi connectivity index (χ4v) is 1.95. The van der Waals surface area contributed by atoms with Gasteiger partial charge in [-0.3, -0.25) is 0 Å². The predicted molar refractivity (Wildman–Crippen MR) is 60.2 cm³/mol. The van der Waals surface area contributed by atoms with Crippen molar-refractivity contribution in [3.63, 3.8) is 0 Å². The third kappa shape index (κ3) is 4.97. The minimum absolute atomic E-state index is 0.186. The second-order valence-corrected chi connectivity index (χ2v) is 4.29. The third-order valence-corrected chi connectivity index (χ3v) is 3.28. The van der Waals surface area contributed by atoms with Crippen LogP contribution in [-0.2, 0) is 0 Å². The maximum Gasteiger partial charge on any atom is 0.0648 e. The fraction of sp³-hybridized carbons (Fsp3) is 1.00. The largest absolute Gasteiger partial charge is 0.396 e. The maximum absolute atomic E-state index is 10.3. The van der Waals surface area contributed by atoms with Gasteiger partial charge in [0.15, 0.2) is 0 Å². The predicted octanol–water partition coefficient (Wildman–Crippen LogP) is 2.73. The van der Waals surface area contributed by atoms with E-state index in [4.69, 9.17) is 5.11 Å². The Bertz CT molecular complexity index is 132. The van der Waals surface area contributed by atoms with E-state index in [0.29, 0.717) is 12.3 Å². The molecule has 14 heavy (non-hydrogen) atoms. The quantitative estimate of drug-likeness (QED) is 0.635. The van der Waals surface area contributed by atoms with Gasteiger partial charge in [0.25, 0.3) is 0 Å². The van der Waals surface area contributed by atoms with Gasteiger partial charge in [0.05, 0.1) is 5.60 Å². The summed E-state index contributed by atoms with van der Waals surface area (Å²) >= 11 is 0. The molecule has 1 unspecified atom stereocenters. The van der Waals surface area contributed by atoms with E-state index >= 15 is 0 Å². The molecule has 0 aliphatic heterocycles. The minimum atomic E-state index is -0.542. The highest BCUT2D eigenvalue weighted by Crippen LogP contribution is 2.28. The summed E-state index contributed by atoms with van der Waals surface area (Å²) in [6.07, 6.45) is 5.40. The second kappa shape index (κ2) is 7.24. The van der Waals surface area contributed by atoms with Crippen molar-refractivity contribution in [1.82, 2.24) is 0 Å². The van der Waals surface area contributed by atoms with Crippen LogP contribution < -0.4 is 0 Å². The Hall–Kier alpha value is -0.0800. The normalized spacial score (nSPS) is 15.9. The Morgan fingerprint density at radius 1 is 1.14 bits per heavy atom. The van der Waals surface area contributed by atoms with Crippen molar-refractivity contribution in [2.24, 2.45) is 5.92 Å². The molecule has 0 spiro atoms. The van der Waals surface area contributed by atoms with Crippen molar-refractivity contribution in [3.05, 3.63) is 0 Å². The van der Waals surface area contributed by atoms with Gasteiger partial charge >= 0.3 is 0 Å². The third-order valence-electron chi connectivity index (χ3n) is 3.28. The highest BCUT2D eigenvalue weighted by atomic mass is 16.3. The summed E-state index contributed by atoms with van der Waals surface area (Å²) in [5.41, 5.74) is -0.542. The van der Waals surface area contributed by atoms with Crippen LogP contribution in [0.5, 0.6) is 0 Å². The van der Waals surface area contributed by atoms with Gasteiger partial charge in [0.1, 0.15) is 0 Å². The van der Waals surface area contributed by atoms with Crippen LogP contribution in [0.3, 0.4) is 0 Å². The van der Waals surface area contributed by atoms with Crippen molar-refractivity contribution >= 4 is 0 Å². The van der Waals surface area contributed by atoms with Crippen LogP contribution in [0.2, 0.25) is 0 Å². The zero-order valence-corrected chi connectivity index (χ0v) is 9.92. The summed E-state index contributed by atoms with van der Waals surface area (Å²) in [4.78, 5) is 0. The monoisotopic (exact) mass is 202 g/mol. The van der Waals surface area contributed by atoms with E-state index in [9.17, 15) is 5.11 Å². The van der Waals surface area contributed by atoms with Gasteiger partial charge in [-0.25, -0.2) is 0 Å². The Morgan fingerprint density at radius 2 is 1.71 bits per heavy atom. The highest BCUT2D eigenvalue weighted by molar-refractivity contribution is 4.79. The molecule has 0 rings (SSSR count). The standard InChI is InChI=1S/C12H26O2/c1-4-11(5-2)10-12(14,6-3)8-7-9-13/h11,13-14H,4-10H2,1-3H3. The lowest BCUT2D eigenvalue weighted by Gasteiger charge is -2.30. The van der Waals surface area contributed by atoms with E-state index < -0.39 is 5.60 Å². The Labute approximate surface area is 88.3 Å². The summed E-state index contributed by atoms with van der Waals surface area (Å²) in [6, 6.07) is 0. The first kappa shape index (κ1) is 13.9. The number of hydrogen-bond donors (Lipinski definition) is 2. The van der Waals surface area contributed by atoms with Crippen LogP contribution in [0, 0.1) is 5.92 Å². The molecular weight excluding hydrogens is 176 g/mol. The molecule has 0 aromatic heterocycles. The van der Waals surface area contributed by atoms with Gasteiger partial charge in [0.2, 0.25) is 0 Å². The van der Waals surface area contributed by atoms with E-state index in [1.165, 1.54) is 0 Å². The first-order valence-corrected chi connectivity index (χ1v) is 5.95. The van der Waals surface area contributed by atoms with Crippen LogP contribution in [0.25, 0.3) is 0 Å². The molecule has 0 bridgehead atoms. The van der Waals surface area contributed by atoms with Crippen LogP contribution in [0.1, 0.15) is 59.3 Å². The van der Waals surface area contributed by atoms with E-state index in [1.807, 2.05) is 6.92 Å². The van der Waals surface area contributed by atoms with Gasteiger partial charge in [0, 0.05) is 6.61 Å². The van der Waals surface area contributed by atoms with E-state index in [1.54, 1.807) is 0 Å². The van der Waals surface area contributed by atoms with E-state index in [-0.39, 0.29) is 6.61 Å². The molecule has 2 heteroatoms. The molecule has 2 nitrogen and oxygen atoms in total. The lowest BCUT2D eigenvalue weighted by atomic mass is 9.82. The zero-order chi connectivity index (χ0) is 11.0. The molecule has 0 saturated heterocycles. The molecule has 86 valence electrons. The number of aliphatic hydroxyl groups excluding tert-OH is 1.